The van der Waals surface area contributed by atoms with Gasteiger partial charge in [-0.1, -0.05) is 18.2 Å². The highest BCUT2D eigenvalue weighted by Gasteiger charge is 2.29. The first-order valence-electron chi connectivity index (χ1n) is 9.24. The van der Waals surface area contributed by atoms with E-state index in [9.17, 15) is 4.79 Å². The van der Waals surface area contributed by atoms with Gasteiger partial charge in [-0.2, -0.15) is 0 Å². The van der Waals surface area contributed by atoms with E-state index in [2.05, 4.69) is 25.2 Å². The molecule has 3 heterocycles. The van der Waals surface area contributed by atoms with E-state index in [-0.39, 0.29) is 11.9 Å². The Morgan fingerprint density at radius 3 is 2.85 bits per heavy atom. The number of imidazole rings is 1. The van der Waals surface area contributed by atoms with Gasteiger partial charge in [-0.15, -0.1) is 0 Å². The summed E-state index contributed by atoms with van der Waals surface area (Å²) >= 11 is 0. The van der Waals surface area contributed by atoms with Gasteiger partial charge in [0.05, 0.1) is 24.2 Å². The molecule has 27 heavy (non-hydrogen) atoms. The Hall–Kier alpha value is -2.77. The minimum absolute atomic E-state index is 0.0130. The number of hydrogen-bond donors (Lipinski definition) is 2. The van der Waals surface area contributed by atoms with Crippen LogP contribution in [0.25, 0.3) is 11.0 Å². The second-order valence-corrected chi connectivity index (χ2v) is 6.58. The molecule has 1 aliphatic rings. The predicted octanol–water partition coefficient (Wildman–Crippen LogP) is 1.69. The molecule has 0 bridgehead atoms. The van der Waals surface area contributed by atoms with Crippen LogP contribution >= 0.6 is 0 Å². The lowest BCUT2D eigenvalue weighted by molar-refractivity contribution is -0.128. The first-order valence-corrected chi connectivity index (χ1v) is 9.24. The molecule has 7 nitrogen and oxygen atoms in total. The SMILES string of the molecule is O=C(NCCc1nc2ccccc2[nH]1)[C@@H](c1cccnc1)N1CCOCC1. The number of nitrogens with zero attached hydrogens (tertiary/aromatic N) is 3. The summed E-state index contributed by atoms with van der Waals surface area (Å²) in [6, 6.07) is 11.4. The van der Waals surface area contributed by atoms with Crippen LogP contribution < -0.4 is 5.32 Å². The minimum atomic E-state index is -0.349. The van der Waals surface area contributed by atoms with Gasteiger partial charge in [0.1, 0.15) is 11.9 Å². The summed E-state index contributed by atoms with van der Waals surface area (Å²) in [6.45, 7) is 3.28. The van der Waals surface area contributed by atoms with Crippen LogP contribution in [0.2, 0.25) is 0 Å². The number of rotatable bonds is 6. The maximum Gasteiger partial charge on any atom is 0.242 e. The number of benzene rings is 1. The summed E-state index contributed by atoms with van der Waals surface area (Å²) in [7, 11) is 0. The largest absolute Gasteiger partial charge is 0.379 e. The van der Waals surface area contributed by atoms with Crippen molar-refractivity contribution in [1.29, 1.82) is 0 Å². The van der Waals surface area contributed by atoms with Crippen LogP contribution in [0, 0.1) is 0 Å². The average molecular weight is 365 g/mol. The number of carbonyl (C=O) groups excluding carboxylic acids is 1. The molecule has 7 heteroatoms. The fourth-order valence-corrected chi connectivity index (χ4v) is 3.43. The Bertz CT molecular complexity index is 857. The van der Waals surface area contributed by atoms with Gasteiger partial charge in [0.15, 0.2) is 0 Å². The van der Waals surface area contributed by atoms with Crippen LogP contribution in [0.3, 0.4) is 0 Å². The summed E-state index contributed by atoms with van der Waals surface area (Å²) in [4.78, 5) is 27.1. The Kier molecular flexibility index (Phi) is 5.41. The fourth-order valence-electron chi connectivity index (χ4n) is 3.43. The summed E-state index contributed by atoms with van der Waals surface area (Å²) in [6.07, 6.45) is 4.14. The van der Waals surface area contributed by atoms with Crippen molar-refractivity contribution in [1.82, 2.24) is 25.2 Å². The third kappa shape index (κ3) is 4.15. The zero-order chi connectivity index (χ0) is 18.5. The van der Waals surface area contributed by atoms with Gasteiger partial charge in [0.25, 0.3) is 0 Å². The first-order chi connectivity index (χ1) is 13.3. The molecule has 0 unspecified atom stereocenters. The Labute approximate surface area is 157 Å². The third-order valence-corrected chi connectivity index (χ3v) is 4.76. The zero-order valence-corrected chi connectivity index (χ0v) is 15.1. The van der Waals surface area contributed by atoms with Crippen LogP contribution in [0.4, 0.5) is 0 Å². The number of amides is 1. The normalized spacial score (nSPS) is 16.3. The number of nitrogens with one attached hydrogen (secondary N) is 2. The molecule has 1 fully saturated rings. The molecule has 1 atom stereocenters. The number of pyridine rings is 1. The molecule has 0 aliphatic carbocycles. The van der Waals surface area contributed by atoms with E-state index in [1.54, 1.807) is 12.4 Å². The van der Waals surface area contributed by atoms with Gasteiger partial charge in [-0.05, 0) is 23.8 Å². The average Bonchev–Trinajstić information content (AvgIpc) is 3.13. The van der Waals surface area contributed by atoms with Crippen molar-refractivity contribution in [2.75, 3.05) is 32.8 Å². The molecule has 2 aromatic heterocycles. The number of ether oxygens (including phenoxy) is 1. The number of carbonyl (C=O) groups is 1. The highest BCUT2D eigenvalue weighted by atomic mass is 16.5. The molecular weight excluding hydrogens is 342 g/mol. The van der Waals surface area contributed by atoms with Gasteiger partial charge in [-0.3, -0.25) is 14.7 Å². The van der Waals surface area contributed by atoms with Gasteiger partial charge < -0.3 is 15.0 Å². The summed E-state index contributed by atoms with van der Waals surface area (Å²) in [5.41, 5.74) is 2.86. The van der Waals surface area contributed by atoms with Crippen LogP contribution in [-0.4, -0.2) is 58.6 Å². The topological polar surface area (TPSA) is 83.1 Å². The van der Waals surface area contributed by atoms with Gasteiger partial charge in [0.2, 0.25) is 5.91 Å². The lowest BCUT2D eigenvalue weighted by atomic mass is 10.1. The second-order valence-electron chi connectivity index (χ2n) is 6.58. The first kappa shape index (κ1) is 17.6. The van der Waals surface area contributed by atoms with E-state index in [0.717, 1.165) is 35.5 Å². The molecule has 1 saturated heterocycles. The van der Waals surface area contributed by atoms with Crippen LogP contribution in [-0.2, 0) is 16.0 Å². The lowest BCUT2D eigenvalue weighted by Gasteiger charge is -2.33. The number of aromatic amines is 1. The fraction of sp³-hybridized carbons (Fsp3) is 0.350. The molecule has 1 aliphatic heterocycles. The third-order valence-electron chi connectivity index (χ3n) is 4.76. The highest BCUT2D eigenvalue weighted by Crippen LogP contribution is 2.21. The lowest BCUT2D eigenvalue weighted by Crippen LogP contribution is -2.46. The number of para-hydroxylation sites is 2. The molecule has 140 valence electrons. The van der Waals surface area contributed by atoms with Crippen molar-refractivity contribution in [3.05, 3.63) is 60.2 Å². The smallest absolute Gasteiger partial charge is 0.242 e. The monoisotopic (exact) mass is 365 g/mol. The summed E-state index contributed by atoms with van der Waals surface area (Å²) in [5, 5.41) is 3.06. The van der Waals surface area contributed by atoms with E-state index in [1.807, 2.05) is 36.4 Å². The number of hydrogen-bond acceptors (Lipinski definition) is 5. The highest BCUT2D eigenvalue weighted by molar-refractivity contribution is 5.83. The van der Waals surface area contributed by atoms with E-state index in [4.69, 9.17) is 4.74 Å². The van der Waals surface area contributed by atoms with E-state index in [1.165, 1.54) is 0 Å². The molecule has 1 amide bonds. The van der Waals surface area contributed by atoms with Gasteiger partial charge in [0, 0.05) is 38.4 Å². The van der Waals surface area contributed by atoms with Gasteiger partial charge >= 0.3 is 0 Å². The van der Waals surface area contributed by atoms with Crippen molar-refractivity contribution in [2.24, 2.45) is 0 Å². The zero-order valence-electron chi connectivity index (χ0n) is 15.1. The maximum absolute atomic E-state index is 13.0. The predicted molar refractivity (Wildman–Crippen MR) is 102 cm³/mol. The standard InChI is InChI=1S/C20H23N5O2/c26-20(22-9-7-18-23-16-5-1-2-6-17(16)24-18)19(15-4-3-8-21-14-15)25-10-12-27-13-11-25/h1-6,8,14,19H,7,9-13H2,(H,22,26)(H,23,24)/t19-/m1/s1. The number of morpholine rings is 1. The molecule has 0 saturated carbocycles. The molecule has 4 rings (SSSR count). The molecule has 3 aromatic rings. The van der Waals surface area contributed by atoms with Crippen molar-refractivity contribution in [2.45, 2.75) is 12.5 Å². The van der Waals surface area contributed by atoms with Crippen molar-refractivity contribution < 1.29 is 9.53 Å². The van der Waals surface area contributed by atoms with Crippen LogP contribution in [0.5, 0.6) is 0 Å². The molecule has 2 N–H and O–H groups in total. The Balaban J connectivity index is 1.41. The quantitative estimate of drug-likeness (QED) is 0.695. The van der Waals surface area contributed by atoms with Gasteiger partial charge in [-0.25, -0.2) is 4.98 Å². The summed E-state index contributed by atoms with van der Waals surface area (Å²) < 4.78 is 5.43. The molecule has 0 radical (unpaired) electrons. The van der Waals surface area contributed by atoms with E-state index < -0.39 is 0 Å². The molecule has 0 spiro atoms. The Morgan fingerprint density at radius 1 is 1.22 bits per heavy atom. The minimum Gasteiger partial charge on any atom is -0.379 e. The van der Waals surface area contributed by atoms with Crippen molar-refractivity contribution >= 4 is 16.9 Å². The molecule has 1 aromatic carbocycles. The summed E-state index contributed by atoms with van der Waals surface area (Å²) in [5.74, 6) is 0.863. The Morgan fingerprint density at radius 2 is 2.07 bits per heavy atom. The van der Waals surface area contributed by atoms with Crippen LogP contribution in [0.15, 0.2) is 48.8 Å². The van der Waals surface area contributed by atoms with Crippen molar-refractivity contribution in [3.8, 4) is 0 Å². The number of fused-ring (bicyclic) bond motifs is 1. The van der Waals surface area contributed by atoms with Crippen LogP contribution in [0.1, 0.15) is 17.4 Å². The number of H-pyrrole nitrogens is 1. The second kappa shape index (κ2) is 8.28. The van der Waals surface area contributed by atoms with Crippen molar-refractivity contribution in [3.63, 3.8) is 0 Å². The molecular formula is C20H23N5O2. The van der Waals surface area contributed by atoms with E-state index >= 15 is 0 Å². The maximum atomic E-state index is 13.0. The van der Waals surface area contributed by atoms with E-state index in [0.29, 0.717) is 26.2 Å². The number of aromatic nitrogens is 3.